The van der Waals surface area contributed by atoms with E-state index in [0.29, 0.717) is 5.69 Å². The topological polar surface area (TPSA) is 52.0 Å². The Balaban J connectivity index is 1.28. The summed E-state index contributed by atoms with van der Waals surface area (Å²) < 4.78 is 29.3. The molecule has 3 aromatic rings. The van der Waals surface area contributed by atoms with E-state index in [4.69, 9.17) is 0 Å². The van der Waals surface area contributed by atoms with E-state index in [-0.39, 0.29) is 11.4 Å². The molecule has 0 saturated carbocycles. The van der Waals surface area contributed by atoms with Crippen LogP contribution >= 0.6 is 0 Å². The Hall–Kier alpha value is -3.48. The monoisotopic (exact) mass is 505 g/mol. The molecule has 1 heterocycles. The first kappa shape index (κ1) is 26.6. The number of benzene rings is 3. The summed E-state index contributed by atoms with van der Waals surface area (Å²) in [7, 11) is 0. The van der Waals surface area contributed by atoms with Crippen LogP contribution in [0.4, 0.5) is 37.2 Å². The van der Waals surface area contributed by atoms with E-state index in [2.05, 4.69) is 32.9 Å². The second-order valence-electron chi connectivity index (χ2n) is 9.64. The number of nitrogens with one attached hydrogen (secondary N) is 2. The molecule has 4 rings (SSSR count). The van der Waals surface area contributed by atoms with Crippen molar-refractivity contribution in [3.05, 3.63) is 77.9 Å². The van der Waals surface area contributed by atoms with Crippen molar-refractivity contribution in [2.75, 3.05) is 28.8 Å². The van der Waals surface area contributed by atoms with Crippen LogP contribution < -0.4 is 15.8 Å². The molecule has 1 saturated heterocycles. The van der Waals surface area contributed by atoms with Crippen molar-refractivity contribution in [1.29, 1.82) is 0 Å². The van der Waals surface area contributed by atoms with Gasteiger partial charge in [0, 0.05) is 18.8 Å². The molecule has 1 aliphatic rings. The maximum atomic E-state index is 14.6. The van der Waals surface area contributed by atoms with Crippen LogP contribution in [0.2, 0.25) is 0 Å². The van der Waals surface area contributed by atoms with E-state index in [0.717, 1.165) is 25.2 Å². The summed E-state index contributed by atoms with van der Waals surface area (Å²) in [5.74, 6) is -2.05. The summed E-state index contributed by atoms with van der Waals surface area (Å²) in [6, 6.07) is 18.5. The maximum absolute atomic E-state index is 14.6. The Labute approximate surface area is 219 Å². The molecule has 7 heteroatoms. The Bertz CT molecular complexity index is 1140. The molecule has 0 aliphatic carbocycles. The second-order valence-corrected chi connectivity index (χ2v) is 9.64. The lowest BCUT2D eigenvalue weighted by molar-refractivity contribution is 0.512. The molecule has 0 unspecified atom stereocenters. The molecule has 2 N–H and O–H groups in total. The average Bonchev–Trinajstić information content (AvgIpc) is 3.47. The Morgan fingerprint density at radius 1 is 0.730 bits per heavy atom. The third kappa shape index (κ3) is 7.75. The highest BCUT2D eigenvalue weighted by molar-refractivity contribution is 5.60. The maximum Gasteiger partial charge on any atom is 0.188 e. The van der Waals surface area contributed by atoms with Gasteiger partial charge in [0.1, 0.15) is 5.69 Å². The zero-order chi connectivity index (χ0) is 25.9. The SMILES string of the molecule is CCCCCCCCc1ccc(/N=N/c2ccc(NNc3ccc(N4CCCC4)cc3)c(F)c2F)cc1. The number of nitrogens with zero attached hydrogens (tertiary/aromatic N) is 3. The molecule has 1 aliphatic heterocycles. The molecule has 5 nitrogen and oxygen atoms in total. The number of hydrogen-bond acceptors (Lipinski definition) is 5. The highest BCUT2D eigenvalue weighted by atomic mass is 19.2. The molecule has 0 aromatic heterocycles. The van der Waals surface area contributed by atoms with Gasteiger partial charge in [-0.2, -0.15) is 5.11 Å². The van der Waals surface area contributed by atoms with Crippen LogP contribution in [0, 0.1) is 11.6 Å². The average molecular weight is 506 g/mol. The van der Waals surface area contributed by atoms with Gasteiger partial charge in [0.25, 0.3) is 0 Å². The fourth-order valence-electron chi connectivity index (χ4n) is 4.53. The fraction of sp³-hybridized carbons (Fsp3) is 0.400. The molecule has 0 spiro atoms. The predicted molar refractivity (Wildman–Crippen MR) is 149 cm³/mol. The normalized spacial score (nSPS) is 13.4. The largest absolute Gasteiger partial charge is 0.372 e. The molecule has 0 amide bonds. The second kappa shape index (κ2) is 13.7. The minimum Gasteiger partial charge on any atom is -0.372 e. The van der Waals surface area contributed by atoms with Crippen LogP contribution in [0.1, 0.15) is 63.9 Å². The van der Waals surface area contributed by atoms with Gasteiger partial charge in [-0.15, -0.1) is 5.11 Å². The molecule has 37 heavy (non-hydrogen) atoms. The number of halogens is 2. The van der Waals surface area contributed by atoms with Crippen LogP contribution in [0.3, 0.4) is 0 Å². The minimum atomic E-state index is -1.04. The van der Waals surface area contributed by atoms with Gasteiger partial charge in [0.05, 0.1) is 17.1 Å². The number of azo groups is 1. The van der Waals surface area contributed by atoms with Gasteiger partial charge in [-0.25, -0.2) is 8.78 Å². The first-order chi connectivity index (χ1) is 18.1. The molecule has 3 aromatic carbocycles. The van der Waals surface area contributed by atoms with Crippen molar-refractivity contribution in [2.45, 2.75) is 64.7 Å². The van der Waals surface area contributed by atoms with E-state index >= 15 is 0 Å². The predicted octanol–water partition coefficient (Wildman–Crippen LogP) is 9.32. The number of hydrazine groups is 1. The van der Waals surface area contributed by atoms with Crippen LogP contribution in [0.5, 0.6) is 0 Å². The first-order valence-corrected chi connectivity index (χ1v) is 13.5. The van der Waals surface area contributed by atoms with Crippen molar-refractivity contribution in [3.63, 3.8) is 0 Å². The van der Waals surface area contributed by atoms with Gasteiger partial charge >= 0.3 is 0 Å². The van der Waals surface area contributed by atoms with Gasteiger partial charge in [-0.05, 0) is 79.8 Å². The van der Waals surface area contributed by atoms with Gasteiger partial charge in [-0.3, -0.25) is 5.43 Å². The lowest BCUT2D eigenvalue weighted by atomic mass is 10.0. The van der Waals surface area contributed by atoms with Gasteiger partial charge < -0.3 is 10.3 Å². The molecule has 1 fully saturated rings. The summed E-state index contributed by atoms with van der Waals surface area (Å²) in [6.45, 7) is 4.37. The Kier molecular flexibility index (Phi) is 9.86. The van der Waals surface area contributed by atoms with Crippen molar-refractivity contribution in [2.24, 2.45) is 10.2 Å². The lowest BCUT2D eigenvalue weighted by Gasteiger charge is -2.18. The third-order valence-electron chi connectivity index (χ3n) is 6.77. The van der Waals surface area contributed by atoms with E-state index in [1.54, 1.807) is 0 Å². The Morgan fingerprint density at radius 2 is 1.43 bits per heavy atom. The molecule has 196 valence electrons. The standard InChI is InChI=1S/C30H37F2N5/c1-2-3-4-5-6-7-10-23-11-13-24(14-12-23)33-35-27-19-20-28(30(32)29(27)31)36-34-25-15-17-26(18-16-25)37-21-8-9-22-37/h11-20,34,36H,2-10,21-22H2,1H3/b35-33+. The van der Waals surface area contributed by atoms with Crippen LogP contribution in [0.25, 0.3) is 0 Å². The smallest absolute Gasteiger partial charge is 0.188 e. The molecular formula is C30H37F2N5. The highest BCUT2D eigenvalue weighted by Crippen LogP contribution is 2.29. The quantitative estimate of drug-likeness (QED) is 0.138. The summed E-state index contributed by atoms with van der Waals surface area (Å²) >= 11 is 0. The lowest BCUT2D eigenvalue weighted by Crippen LogP contribution is -2.17. The number of hydrogen-bond donors (Lipinski definition) is 2. The van der Waals surface area contributed by atoms with E-state index in [9.17, 15) is 8.78 Å². The van der Waals surface area contributed by atoms with Crippen molar-refractivity contribution in [3.8, 4) is 0 Å². The van der Waals surface area contributed by atoms with Crippen molar-refractivity contribution >= 4 is 28.4 Å². The van der Waals surface area contributed by atoms with Gasteiger partial charge in [0.2, 0.25) is 0 Å². The van der Waals surface area contributed by atoms with E-state index in [1.807, 2.05) is 48.5 Å². The summed E-state index contributed by atoms with van der Waals surface area (Å²) in [5.41, 5.74) is 9.31. The zero-order valence-corrected chi connectivity index (χ0v) is 21.6. The van der Waals surface area contributed by atoms with Crippen LogP contribution in [0.15, 0.2) is 70.9 Å². The highest BCUT2D eigenvalue weighted by Gasteiger charge is 2.14. The van der Waals surface area contributed by atoms with Crippen LogP contribution in [-0.4, -0.2) is 13.1 Å². The number of rotatable bonds is 13. The molecule has 0 bridgehead atoms. The fourth-order valence-corrected chi connectivity index (χ4v) is 4.53. The first-order valence-electron chi connectivity index (χ1n) is 13.5. The summed E-state index contributed by atoms with van der Waals surface area (Å²) in [6.07, 6.45) is 11.1. The Morgan fingerprint density at radius 3 is 2.16 bits per heavy atom. The summed E-state index contributed by atoms with van der Waals surface area (Å²) in [5, 5.41) is 8.03. The van der Waals surface area contributed by atoms with E-state index < -0.39 is 11.6 Å². The molecule has 0 atom stereocenters. The van der Waals surface area contributed by atoms with Crippen molar-refractivity contribution < 1.29 is 8.78 Å². The van der Waals surface area contributed by atoms with Crippen LogP contribution in [-0.2, 0) is 6.42 Å². The number of anilines is 3. The number of unbranched alkanes of at least 4 members (excludes halogenated alkanes) is 5. The zero-order valence-electron chi connectivity index (χ0n) is 21.6. The third-order valence-corrected chi connectivity index (χ3v) is 6.77. The molecular weight excluding hydrogens is 468 g/mol. The minimum absolute atomic E-state index is 0.000818. The van der Waals surface area contributed by atoms with Gasteiger partial charge in [-0.1, -0.05) is 51.2 Å². The number of aryl methyl sites for hydroxylation is 1. The van der Waals surface area contributed by atoms with E-state index in [1.165, 1.54) is 74.8 Å². The summed E-state index contributed by atoms with van der Waals surface area (Å²) in [4.78, 5) is 2.34. The van der Waals surface area contributed by atoms with Gasteiger partial charge in [0.15, 0.2) is 11.6 Å². The van der Waals surface area contributed by atoms with Crippen molar-refractivity contribution in [1.82, 2.24) is 0 Å². The molecule has 0 radical (unpaired) electrons.